The molecule has 0 saturated heterocycles. The monoisotopic (exact) mass is 257 g/mol. The van der Waals surface area contributed by atoms with Crippen molar-refractivity contribution in [1.82, 2.24) is 4.98 Å². The van der Waals surface area contributed by atoms with E-state index in [0.29, 0.717) is 6.61 Å². The summed E-state index contributed by atoms with van der Waals surface area (Å²) in [4.78, 5) is 4.21. The number of nitrogens with zero attached hydrogens (tertiary/aromatic N) is 1. The number of pyridine rings is 1. The van der Waals surface area contributed by atoms with Gasteiger partial charge in [-0.3, -0.25) is 4.98 Å². The summed E-state index contributed by atoms with van der Waals surface area (Å²) in [5.41, 5.74) is 4.15. The van der Waals surface area contributed by atoms with Crippen LogP contribution in [0, 0.1) is 0 Å². The van der Waals surface area contributed by atoms with Crippen molar-refractivity contribution in [1.29, 1.82) is 0 Å². The van der Waals surface area contributed by atoms with E-state index >= 15 is 0 Å². The Kier molecular flexibility index (Phi) is 4.75. The average Bonchev–Trinajstić information content (AvgIpc) is 2.40. The van der Waals surface area contributed by atoms with Crippen LogP contribution < -0.4 is 10.6 Å². The molecule has 0 aliphatic heterocycles. The number of rotatable bonds is 6. The molecule has 1 aromatic heterocycles. The van der Waals surface area contributed by atoms with Crippen LogP contribution in [0.2, 0.25) is 0 Å². The molecule has 0 saturated carbocycles. The Bertz CT molecular complexity index is 481. The van der Waals surface area contributed by atoms with Crippen molar-refractivity contribution < 1.29 is 4.74 Å². The second-order valence-corrected chi connectivity index (χ2v) is 4.25. The molecule has 0 radical (unpaired) electrons. The molecule has 1 heterocycles. The zero-order chi connectivity index (χ0) is 13.5. The maximum atomic E-state index is 5.13. The number of benzene rings is 1. The lowest BCUT2D eigenvalue weighted by atomic mass is 10.2. The first-order chi connectivity index (χ1) is 9.31. The van der Waals surface area contributed by atoms with E-state index in [2.05, 4.69) is 28.6 Å². The van der Waals surface area contributed by atoms with E-state index in [4.69, 9.17) is 4.74 Å². The van der Waals surface area contributed by atoms with Crippen LogP contribution in [-0.2, 0) is 11.3 Å². The molecule has 2 rings (SSSR count). The van der Waals surface area contributed by atoms with Gasteiger partial charge in [-0.05, 0) is 30.7 Å². The maximum absolute atomic E-state index is 5.13. The Morgan fingerprint density at radius 3 is 2.74 bits per heavy atom. The molecule has 0 atom stereocenters. The minimum atomic E-state index is 0.616. The highest BCUT2D eigenvalue weighted by molar-refractivity contribution is 5.63. The Labute approximate surface area is 113 Å². The Morgan fingerprint density at radius 1 is 1.11 bits per heavy atom. The maximum Gasteiger partial charge on any atom is 0.0713 e. The van der Waals surface area contributed by atoms with Crippen LogP contribution in [0.15, 0.2) is 42.7 Å². The standard InChI is InChI=1S/C15H19N3O/c1-3-17-14-8-15(10-16-9-14)18-13-6-4-5-12(7-13)11-19-2/h4-10,17-18H,3,11H2,1-2H3. The average molecular weight is 257 g/mol. The third kappa shape index (κ3) is 3.96. The first-order valence-electron chi connectivity index (χ1n) is 6.35. The lowest BCUT2D eigenvalue weighted by Crippen LogP contribution is -1.99. The van der Waals surface area contributed by atoms with Gasteiger partial charge in [0, 0.05) is 19.3 Å². The topological polar surface area (TPSA) is 46.2 Å². The van der Waals surface area contributed by atoms with Crippen molar-refractivity contribution in [3.63, 3.8) is 0 Å². The fourth-order valence-electron chi connectivity index (χ4n) is 1.88. The summed E-state index contributed by atoms with van der Waals surface area (Å²) in [7, 11) is 1.70. The van der Waals surface area contributed by atoms with Crippen molar-refractivity contribution in [3.8, 4) is 0 Å². The third-order valence-corrected chi connectivity index (χ3v) is 2.65. The van der Waals surface area contributed by atoms with Gasteiger partial charge in [-0.2, -0.15) is 0 Å². The predicted molar refractivity (Wildman–Crippen MR) is 78.8 cm³/mol. The van der Waals surface area contributed by atoms with E-state index < -0.39 is 0 Å². The minimum Gasteiger partial charge on any atom is -0.384 e. The summed E-state index contributed by atoms with van der Waals surface area (Å²) < 4.78 is 5.13. The van der Waals surface area contributed by atoms with Crippen LogP contribution in [0.3, 0.4) is 0 Å². The Balaban J connectivity index is 2.11. The molecule has 4 nitrogen and oxygen atoms in total. The molecule has 2 aromatic rings. The summed E-state index contributed by atoms with van der Waals surface area (Å²) in [6.07, 6.45) is 3.62. The Morgan fingerprint density at radius 2 is 1.95 bits per heavy atom. The van der Waals surface area contributed by atoms with Gasteiger partial charge >= 0.3 is 0 Å². The lowest BCUT2D eigenvalue weighted by molar-refractivity contribution is 0.185. The van der Waals surface area contributed by atoms with Gasteiger partial charge in [0.15, 0.2) is 0 Å². The molecule has 0 bridgehead atoms. The first-order valence-corrected chi connectivity index (χ1v) is 6.35. The van der Waals surface area contributed by atoms with Gasteiger partial charge in [0.25, 0.3) is 0 Å². The van der Waals surface area contributed by atoms with E-state index in [-0.39, 0.29) is 0 Å². The van der Waals surface area contributed by atoms with Gasteiger partial charge in [0.1, 0.15) is 0 Å². The molecule has 100 valence electrons. The molecular weight excluding hydrogens is 238 g/mol. The highest BCUT2D eigenvalue weighted by Crippen LogP contribution is 2.19. The van der Waals surface area contributed by atoms with Gasteiger partial charge < -0.3 is 15.4 Å². The summed E-state index contributed by atoms with van der Waals surface area (Å²) in [6, 6.07) is 10.2. The second kappa shape index (κ2) is 6.75. The number of hydrogen-bond acceptors (Lipinski definition) is 4. The largest absolute Gasteiger partial charge is 0.384 e. The van der Waals surface area contributed by atoms with Gasteiger partial charge in [0.2, 0.25) is 0 Å². The third-order valence-electron chi connectivity index (χ3n) is 2.65. The van der Waals surface area contributed by atoms with Crippen LogP contribution in [0.25, 0.3) is 0 Å². The zero-order valence-corrected chi connectivity index (χ0v) is 11.3. The Hall–Kier alpha value is -2.07. The highest BCUT2D eigenvalue weighted by Gasteiger charge is 1.99. The zero-order valence-electron chi connectivity index (χ0n) is 11.3. The number of nitrogens with one attached hydrogen (secondary N) is 2. The quantitative estimate of drug-likeness (QED) is 0.832. The van der Waals surface area contributed by atoms with E-state index in [1.54, 1.807) is 7.11 Å². The van der Waals surface area contributed by atoms with E-state index in [1.165, 1.54) is 0 Å². The number of methoxy groups -OCH3 is 1. The minimum absolute atomic E-state index is 0.616. The number of ether oxygens (including phenoxy) is 1. The smallest absolute Gasteiger partial charge is 0.0713 e. The van der Waals surface area contributed by atoms with Gasteiger partial charge in [-0.15, -0.1) is 0 Å². The predicted octanol–water partition coefficient (Wildman–Crippen LogP) is 3.40. The second-order valence-electron chi connectivity index (χ2n) is 4.25. The molecule has 0 aliphatic carbocycles. The van der Waals surface area contributed by atoms with Crippen molar-refractivity contribution in [3.05, 3.63) is 48.3 Å². The van der Waals surface area contributed by atoms with Crippen molar-refractivity contribution >= 4 is 17.1 Å². The normalized spacial score (nSPS) is 10.2. The van der Waals surface area contributed by atoms with Crippen LogP contribution in [0.4, 0.5) is 17.1 Å². The van der Waals surface area contributed by atoms with E-state index in [0.717, 1.165) is 29.2 Å². The number of hydrogen-bond donors (Lipinski definition) is 2. The summed E-state index contributed by atoms with van der Waals surface area (Å²) >= 11 is 0. The molecule has 0 fully saturated rings. The van der Waals surface area contributed by atoms with E-state index in [9.17, 15) is 0 Å². The fraction of sp³-hybridized carbons (Fsp3) is 0.267. The van der Waals surface area contributed by atoms with Crippen molar-refractivity contribution in [2.24, 2.45) is 0 Å². The molecular formula is C15H19N3O. The number of anilines is 3. The van der Waals surface area contributed by atoms with Gasteiger partial charge in [-0.1, -0.05) is 12.1 Å². The van der Waals surface area contributed by atoms with Crippen LogP contribution in [0.5, 0.6) is 0 Å². The van der Waals surface area contributed by atoms with Crippen LogP contribution >= 0.6 is 0 Å². The van der Waals surface area contributed by atoms with Crippen molar-refractivity contribution in [2.45, 2.75) is 13.5 Å². The number of aromatic nitrogens is 1. The summed E-state index contributed by atoms with van der Waals surface area (Å²) in [6.45, 7) is 3.56. The molecule has 0 amide bonds. The fourth-order valence-corrected chi connectivity index (χ4v) is 1.88. The molecule has 4 heteroatoms. The summed E-state index contributed by atoms with van der Waals surface area (Å²) in [5.74, 6) is 0. The molecule has 0 aliphatic rings. The summed E-state index contributed by atoms with van der Waals surface area (Å²) in [5, 5.41) is 6.59. The van der Waals surface area contributed by atoms with Crippen LogP contribution in [-0.4, -0.2) is 18.6 Å². The molecule has 19 heavy (non-hydrogen) atoms. The van der Waals surface area contributed by atoms with Crippen LogP contribution in [0.1, 0.15) is 12.5 Å². The first kappa shape index (κ1) is 13.4. The molecule has 1 aromatic carbocycles. The molecule has 0 unspecified atom stereocenters. The van der Waals surface area contributed by atoms with E-state index in [1.807, 2.05) is 36.7 Å². The highest BCUT2D eigenvalue weighted by atomic mass is 16.5. The van der Waals surface area contributed by atoms with Crippen molar-refractivity contribution in [2.75, 3.05) is 24.3 Å². The SMILES string of the molecule is CCNc1cncc(Nc2cccc(COC)c2)c1. The van der Waals surface area contributed by atoms with Gasteiger partial charge in [0.05, 0.1) is 30.4 Å². The molecule has 2 N–H and O–H groups in total. The molecule has 0 spiro atoms. The lowest BCUT2D eigenvalue weighted by Gasteiger charge is -2.09. The van der Waals surface area contributed by atoms with Gasteiger partial charge in [-0.25, -0.2) is 0 Å².